The summed E-state index contributed by atoms with van der Waals surface area (Å²) in [6, 6.07) is 8.16. The largest absolute Gasteiger partial charge is 0.322 e. The molecule has 1 aliphatic rings. The Kier molecular flexibility index (Phi) is 5.91. The van der Waals surface area contributed by atoms with Crippen LogP contribution in [0.2, 0.25) is 15.1 Å². The Morgan fingerprint density at radius 2 is 1.89 bits per heavy atom. The Labute approximate surface area is 173 Å². The topological polar surface area (TPSA) is 66.5 Å². The summed E-state index contributed by atoms with van der Waals surface area (Å²) in [7, 11) is -3.40. The lowest BCUT2D eigenvalue weighted by Gasteiger charge is -2.19. The third kappa shape index (κ3) is 4.35. The molecular weight excluding hydrogens is 431 g/mol. The first-order valence-electron chi connectivity index (χ1n) is 8.31. The molecule has 0 bridgehead atoms. The van der Waals surface area contributed by atoms with Crippen LogP contribution in [0, 0.1) is 0 Å². The highest BCUT2D eigenvalue weighted by Gasteiger charge is 2.30. The normalized spacial score (nSPS) is 15.8. The quantitative estimate of drug-likeness (QED) is 0.717. The third-order valence-corrected chi connectivity index (χ3v) is 7.16. The molecule has 0 aliphatic carbocycles. The Hall–Kier alpha value is -1.47. The average molecular weight is 448 g/mol. The van der Waals surface area contributed by atoms with Gasteiger partial charge < -0.3 is 5.32 Å². The number of anilines is 2. The van der Waals surface area contributed by atoms with Gasteiger partial charge in [-0.1, -0.05) is 41.7 Å². The van der Waals surface area contributed by atoms with Crippen LogP contribution in [0.25, 0.3) is 0 Å². The Bertz CT molecular complexity index is 1010. The summed E-state index contributed by atoms with van der Waals surface area (Å²) in [5, 5.41) is 3.43. The van der Waals surface area contributed by atoms with Gasteiger partial charge in [0.2, 0.25) is 10.0 Å². The number of carbonyl (C=O) groups is 1. The number of rotatable bonds is 4. The molecule has 9 heteroatoms. The molecular formula is C18H17Cl3N2O3S. The summed E-state index contributed by atoms with van der Waals surface area (Å²) in [6.45, 7) is 2.32. The molecule has 5 nitrogen and oxygen atoms in total. The van der Waals surface area contributed by atoms with E-state index in [1.54, 1.807) is 6.07 Å². The zero-order valence-electron chi connectivity index (χ0n) is 14.4. The summed E-state index contributed by atoms with van der Waals surface area (Å²) in [5.41, 5.74) is 1.92. The molecule has 2 aromatic carbocycles. The number of sulfonamides is 1. The first-order valence-corrected chi connectivity index (χ1v) is 11.1. The average Bonchev–Trinajstić information content (AvgIpc) is 2.95. The fourth-order valence-electron chi connectivity index (χ4n) is 2.94. The van der Waals surface area contributed by atoms with E-state index in [-0.39, 0.29) is 21.4 Å². The minimum atomic E-state index is -3.40. The number of halogens is 3. The van der Waals surface area contributed by atoms with Gasteiger partial charge in [-0.05, 0) is 48.7 Å². The first kappa shape index (κ1) is 20.3. The van der Waals surface area contributed by atoms with Crippen LogP contribution in [0.15, 0.2) is 30.3 Å². The predicted molar refractivity (Wildman–Crippen MR) is 111 cm³/mol. The van der Waals surface area contributed by atoms with Crippen LogP contribution in [0.3, 0.4) is 0 Å². The number of nitrogens with one attached hydrogen (secondary N) is 1. The number of aryl methyl sites for hydroxylation is 1. The van der Waals surface area contributed by atoms with Crippen molar-refractivity contribution < 1.29 is 13.2 Å². The van der Waals surface area contributed by atoms with E-state index >= 15 is 0 Å². The summed E-state index contributed by atoms with van der Waals surface area (Å²) in [4.78, 5) is 12.8. The van der Waals surface area contributed by atoms with Gasteiger partial charge in [0.25, 0.3) is 5.91 Å². The molecule has 1 heterocycles. The predicted octanol–water partition coefficient (Wildman–Crippen LogP) is 5.00. The lowest BCUT2D eigenvalue weighted by molar-refractivity contribution is 0.102. The van der Waals surface area contributed by atoms with Crippen molar-refractivity contribution in [2.75, 3.05) is 21.9 Å². The van der Waals surface area contributed by atoms with Gasteiger partial charge >= 0.3 is 0 Å². The number of amides is 1. The third-order valence-electron chi connectivity index (χ3n) is 4.27. The molecule has 27 heavy (non-hydrogen) atoms. The fourth-order valence-corrected chi connectivity index (χ4v) is 5.15. The second kappa shape index (κ2) is 7.87. The molecule has 1 saturated heterocycles. The minimum absolute atomic E-state index is 0.0623. The van der Waals surface area contributed by atoms with Crippen molar-refractivity contribution in [2.45, 2.75) is 19.8 Å². The maximum Gasteiger partial charge on any atom is 0.257 e. The number of hydrogen-bond donors (Lipinski definition) is 1. The van der Waals surface area contributed by atoms with Crippen LogP contribution in [0.1, 0.15) is 29.3 Å². The van der Waals surface area contributed by atoms with Crippen LogP contribution in [0.5, 0.6) is 0 Å². The zero-order valence-corrected chi connectivity index (χ0v) is 17.5. The van der Waals surface area contributed by atoms with Crippen LogP contribution >= 0.6 is 34.8 Å². The van der Waals surface area contributed by atoms with Crippen LogP contribution in [-0.4, -0.2) is 26.6 Å². The summed E-state index contributed by atoms with van der Waals surface area (Å²) >= 11 is 18.4. The Morgan fingerprint density at radius 1 is 1.15 bits per heavy atom. The maximum absolute atomic E-state index is 12.8. The van der Waals surface area contributed by atoms with Gasteiger partial charge in [-0.2, -0.15) is 0 Å². The van der Waals surface area contributed by atoms with Crippen molar-refractivity contribution in [3.8, 4) is 0 Å². The van der Waals surface area contributed by atoms with Crippen molar-refractivity contribution in [1.29, 1.82) is 0 Å². The molecule has 144 valence electrons. The van der Waals surface area contributed by atoms with E-state index in [1.807, 2.05) is 19.1 Å². The van der Waals surface area contributed by atoms with Gasteiger partial charge in [0.05, 0.1) is 27.0 Å². The standard InChI is InChI=1S/C18H17Cl3N2O3S/c1-2-11-6-12(19)8-13(7-11)22-18(24)15-9-14(10-16(20)17(15)21)23-4-3-5-27(23,25)26/h6-10H,2-5H2,1H3,(H,22,24). The van der Waals surface area contributed by atoms with E-state index in [4.69, 9.17) is 34.8 Å². The minimum Gasteiger partial charge on any atom is -0.322 e. The molecule has 0 spiro atoms. The van der Waals surface area contributed by atoms with Crippen molar-refractivity contribution in [1.82, 2.24) is 0 Å². The summed E-state index contributed by atoms with van der Waals surface area (Å²) < 4.78 is 25.6. The lowest BCUT2D eigenvalue weighted by atomic mass is 10.1. The van der Waals surface area contributed by atoms with Crippen molar-refractivity contribution in [3.63, 3.8) is 0 Å². The maximum atomic E-state index is 12.8. The molecule has 0 saturated carbocycles. The van der Waals surface area contributed by atoms with Gasteiger partial charge in [0.15, 0.2) is 0 Å². The molecule has 1 amide bonds. The van der Waals surface area contributed by atoms with Gasteiger partial charge in [-0.3, -0.25) is 9.10 Å². The second-order valence-corrected chi connectivity index (χ2v) is 9.42. The van der Waals surface area contributed by atoms with Gasteiger partial charge in [0, 0.05) is 17.3 Å². The van der Waals surface area contributed by atoms with Crippen molar-refractivity contribution >= 4 is 62.1 Å². The molecule has 1 aliphatic heterocycles. The number of hydrogen-bond acceptors (Lipinski definition) is 3. The SMILES string of the molecule is CCc1cc(Cl)cc(NC(=O)c2cc(N3CCCS3(=O)=O)cc(Cl)c2Cl)c1. The van der Waals surface area contributed by atoms with E-state index in [2.05, 4.69) is 5.32 Å². The Balaban J connectivity index is 1.96. The first-order chi connectivity index (χ1) is 12.7. The van der Waals surface area contributed by atoms with E-state index in [0.29, 0.717) is 29.4 Å². The van der Waals surface area contributed by atoms with Gasteiger partial charge in [-0.15, -0.1) is 0 Å². The number of carbonyl (C=O) groups excluding carboxylic acids is 1. The van der Waals surface area contributed by atoms with Crippen molar-refractivity contribution in [3.05, 3.63) is 56.5 Å². The van der Waals surface area contributed by atoms with Crippen LogP contribution in [-0.2, 0) is 16.4 Å². The summed E-state index contributed by atoms with van der Waals surface area (Å²) in [6.07, 6.45) is 1.28. The van der Waals surface area contributed by atoms with Crippen LogP contribution in [0.4, 0.5) is 11.4 Å². The van der Waals surface area contributed by atoms with E-state index in [9.17, 15) is 13.2 Å². The highest BCUT2D eigenvalue weighted by molar-refractivity contribution is 7.93. The second-order valence-electron chi connectivity index (χ2n) is 6.19. The lowest BCUT2D eigenvalue weighted by Crippen LogP contribution is -2.25. The van der Waals surface area contributed by atoms with Gasteiger partial charge in [-0.25, -0.2) is 8.42 Å². The molecule has 0 radical (unpaired) electrons. The van der Waals surface area contributed by atoms with Crippen LogP contribution < -0.4 is 9.62 Å². The van der Waals surface area contributed by atoms with Crippen molar-refractivity contribution in [2.24, 2.45) is 0 Å². The molecule has 0 unspecified atom stereocenters. The van der Waals surface area contributed by atoms with Gasteiger partial charge in [0.1, 0.15) is 0 Å². The highest BCUT2D eigenvalue weighted by Crippen LogP contribution is 2.34. The molecule has 1 N–H and O–H groups in total. The Morgan fingerprint density at radius 3 is 2.52 bits per heavy atom. The zero-order chi connectivity index (χ0) is 19.8. The molecule has 0 atom stereocenters. The summed E-state index contributed by atoms with van der Waals surface area (Å²) in [5.74, 6) is -0.429. The van der Waals surface area contributed by atoms with E-state index in [1.165, 1.54) is 16.4 Å². The highest BCUT2D eigenvalue weighted by atomic mass is 35.5. The number of nitrogens with zero attached hydrogens (tertiary/aromatic N) is 1. The molecule has 1 fully saturated rings. The monoisotopic (exact) mass is 446 g/mol. The van der Waals surface area contributed by atoms with E-state index in [0.717, 1.165) is 12.0 Å². The molecule has 2 aromatic rings. The fraction of sp³-hybridized carbons (Fsp3) is 0.278. The molecule has 0 aromatic heterocycles. The molecule has 3 rings (SSSR count). The van der Waals surface area contributed by atoms with E-state index < -0.39 is 15.9 Å². The number of benzene rings is 2. The smallest absolute Gasteiger partial charge is 0.257 e.